The van der Waals surface area contributed by atoms with E-state index in [9.17, 15) is 13.2 Å². The zero-order chi connectivity index (χ0) is 19.9. The van der Waals surface area contributed by atoms with Crippen LogP contribution in [0.1, 0.15) is 5.56 Å². The van der Waals surface area contributed by atoms with Crippen molar-refractivity contribution < 1.29 is 22.7 Å². The van der Waals surface area contributed by atoms with Gasteiger partial charge in [0.2, 0.25) is 15.9 Å². The predicted octanol–water partition coefficient (Wildman–Crippen LogP) is 2.15. The van der Waals surface area contributed by atoms with E-state index in [4.69, 9.17) is 9.47 Å². The van der Waals surface area contributed by atoms with Gasteiger partial charge in [-0.2, -0.15) is 4.31 Å². The van der Waals surface area contributed by atoms with Gasteiger partial charge in [-0.3, -0.25) is 4.79 Å². The van der Waals surface area contributed by atoms with E-state index in [0.717, 1.165) is 21.9 Å². The van der Waals surface area contributed by atoms with Crippen molar-refractivity contribution in [2.45, 2.75) is 6.42 Å². The molecule has 27 heavy (non-hydrogen) atoms. The molecule has 146 valence electrons. The number of nitrogens with one attached hydrogen (secondary N) is 1. The number of sulfonamides is 1. The van der Waals surface area contributed by atoms with Crippen LogP contribution in [0.3, 0.4) is 0 Å². The molecule has 0 saturated heterocycles. The lowest BCUT2D eigenvalue weighted by molar-refractivity contribution is -0.116. The number of methoxy groups -OCH3 is 2. The van der Waals surface area contributed by atoms with Crippen molar-refractivity contribution in [2.24, 2.45) is 0 Å². The number of hydrogen-bond donors (Lipinski definition) is 1. The van der Waals surface area contributed by atoms with Crippen molar-refractivity contribution in [3.8, 4) is 11.5 Å². The van der Waals surface area contributed by atoms with Gasteiger partial charge in [0, 0.05) is 18.3 Å². The lowest BCUT2D eigenvalue weighted by Crippen LogP contribution is -2.38. The minimum Gasteiger partial charge on any atom is -0.497 e. The molecule has 0 atom stereocenters. The number of hydrogen-bond acceptors (Lipinski definition) is 5. The first kappa shape index (κ1) is 20.7. The summed E-state index contributed by atoms with van der Waals surface area (Å²) in [5.74, 6) is 0.923. The van der Waals surface area contributed by atoms with Gasteiger partial charge in [0.15, 0.2) is 0 Å². The largest absolute Gasteiger partial charge is 0.497 e. The third-order valence-corrected chi connectivity index (χ3v) is 5.20. The predicted molar refractivity (Wildman–Crippen MR) is 105 cm³/mol. The van der Waals surface area contributed by atoms with Crippen LogP contribution >= 0.6 is 0 Å². The molecule has 0 saturated carbocycles. The van der Waals surface area contributed by atoms with Gasteiger partial charge in [0.1, 0.15) is 11.5 Å². The number of rotatable bonds is 9. The Labute approximate surface area is 160 Å². The average Bonchev–Trinajstić information content (AvgIpc) is 2.64. The Kier molecular flexibility index (Phi) is 7.20. The van der Waals surface area contributed by atoms with Gasteiger partial charge in [-0.1, -0.05) is 18.2 Å². The van der Waals surface area contributed by atoms with Crippen molar-refractivity contribution in [1.29, 1.82) is 0 Å². The molecule has 0 aliphatic heterocycles. The second-order valence-corrected chi connectivity index (χ2v) is 7.96. The fraction of sp³-hybridized carbons (Fsp3) is 0.316. The Hall–Kier alpha value is -2.58. The smallest absolute Gasteiger partial charge is 0.239 e. The van der Waals surface area contributed by atoms with Crippen LogP contribution in [-0.4, -0.2) is 52.2 Å². The van der Waals surface area contributed by atoms with Gasteiger partial charge in [0.05, 0.1) is 27.0 Å². The molecule has 0 aliphatic carbocycles. The fourth-order valence-corrected chi connectivity index (χ4v) is 3.24. The second kappa shape index (κ2) is 9.38. The fourth-order valence-electron chi connectivity index (χ4n) is 2.47. The summed E-state index contributed by atoms with van der Waals surface area (Å²) in [5.41, 5.74) is 1.50. The summed E-state index contributed by atoms with van der Waals surface area (Å²) < 4.78 is 35.5. The molecule has 1 amide bonds. The monoisotopic (exact) mass is 392 g/mol. The standard InChI is InChI=1S/C19H24N2O5S/c1-25-17-9-7-15(8-10-17)11-12-21(27(3,23)24)14-19(22)20-16-5-4-6-18(13-16)26-2/h4-10,13H,11-12,14H2,1-3H3,(H,20,22). The summed E-state index contributed by atoms with van der Waals surface area (Å²) in [4.78, 5) is 12.3. The van der Waals surface area contributed by atoms with Gasteiger partial charge < -0.3 is 14.8 Å². The summed E-state index contributed by atoms with van der Waals surface area (Å²) in [6.07, 6.45) is 1.59. The summed E-state index contributed by atoms with van der Waals surface area (Å²) in [7, 11) is -0.407. The van der Waals surface area contributed by atoms with E-state index in [0.29, 0.717) is 17.9 Å². The molecule has 0 aliphatic rings. The molecular formula is C19H24N2O5S. The minimum absolute atomic E-state index is 0.205. The average molecular weight is 392 g/mol. The van der Waals surface area contributed by atoms with Crippen molar-refractivity contribution in [1.82, 2.24) is 4.31 Å². The van der Waals surface area contributed by atoms with E-state index in [-0.39, 0.29) is 13.1 Å². The van der Waals surface area contributed by atoms with Gasteiger partial charge in [-0.05, 0) is 36.2 Å². The zero-order valence-corrected chi connectivity index (χ0v) is 16.5. The Morgan fingerprint density at radius 3 is 2.30 bits per heavy atom. The first-order valence-electron chi connectivity index (χ1n) is 8.34. The highest BCUT2D eigenvalue weighted by molar-refractivity contribution is 7.88. The molecule has 1 N–H and O–H groups in total. The molecular weight excluding hydrogens is 368 g/mol. The lowest BCUT2D eigenvalue weighted by Gasteiger charge is -2.19. The van der Waals surface area contributed by atoms with Crippen molar-refractivity contribution >= 4 is 21.6 Å². The number of ether oxygens (including phenoxy) is 2. The summed E-state index contributed by atoms with van der Waals surface area (Å²) in [6, 6.07) is 14.2. The topological polar surface area (TPSA) is 84.9 Å². The molecule has 0 bridgehead atoms. The summed E-state index contributed by atoms with van der Waals surface area (Å²) in [6.45, 7) is -0.0527. The molecule has 0 spiro atoms. The Bertz CT molecular complexity index is 866. The maximum atomic E-state index is 12.3. The van der Waals surface area contributed by atoms with Crippen LogP contribution in [0.5, 0.6) is 11.5 Å². The molecule has 0 radical (unpaired) electrons. The maximum absolute atomic E-state index is 12.3. The molecule has 2 rings (SSSR count). The van der Waals surface area contributed by atoms with E-state index in [2.05, 4.69) is 5.32 Å². The van der Waals surface area contributed by atoms with Crippen LogP contribution in [0, 0.1) is 0 Å². The van der Waals surface area contributed by atoms with Crippen LogP contribution in [-0.2, 0) is 21.2 Å². The normalized spacial score (nSPS) is 11.3. The third-order valence-electron chi connectivity index (χ3n) is 3.95. The maximum Gasteiger partial charge on any atom is 0.239 e. The molecule has 0 aromatic heterocycles. The Morgan fingerprint density at radius 2 is 1.70 bits per heavy atom. The number of amides is 1. The van der Waals surface area contributed by atoms with E-state index in [1.807, 2.05) is 24.3 Å². The van der Waals surface area contributed by atoms with Crippen molar-refractivity contribution in [3.63, 3.8) is 0 Å². The summed E-state index contributed by atoms with van der Waals surface area (Å²) in [5, 5.41) is 2.69. The highest BCUT2D eigenvalue weighted by atomic mass is 32.2. The first-order valence-corrected chi connectivity index (χ1v) is 10.2. The number of carbonyl (C=O) groups excluding carboxylic acids is 1. The number of nitrogens with zero attached hydrogens (tertiary/aromatic N) is 1. The van der Waals surface area contributed by atoms with Crippen LogP contribution in [0.15, 0.2) is 48.5 Å². The molecule has 0 unspecified atom stereocenters. The van der Waals surface area contributed by atoms with E-state index in [1.54, 1.807) is 31.4 Å². The van der Waals surface area contributed by atoms with E-state index < -0.39 is 15.9 Å². The third kappa shape index (κ3) is 6.58. The van der Waals surface area contributed by atoms with Crippen LogP contribution < -0.4 is 14.8 Å². The van der Waals surface area contributed by atoms with Crippen LogP contribution in [0.2, 0.25) is 0 Å². The number of benzene rings is 2. The van der Waals surface area contributed by atoms with Crippen LogP contribution in [0.4, 0.5) is 5.69 Å². The highest BCUT2D eigenvalue weighted by Gasteiger charge is 2.20. The van der Waals surface area contributed by atoms with E-state index in [1.165, 1.54) is 7.11 Å². The first-order chi connectivity index (χ1) is 12.8. The summed E-state index contributed by atoms with van der Waals surface area (Å²) >= 11 is 0. The van der Waals surface area contributed by atoms with Gasteiger partial charge in [-0.15, -0.1) is 0 Å². The van der Waals surface area contributed by atoms with Crippen molar-refractivity contribution in [2.75, 3.05) is 38.9 Å². The Morgan fingerprint density at radius 1 is 1.04 bits per heavy atom. The molecule has 0 heterocycles. The molecule has 8 heteroatoms. The number of anilines is 1. The SMILES string of the molecule is COc1ccc(CCN(CC(=O)Nc2cccc(OC)c2)S(C)(=O)=O)cc1. The van der Waals surface area contributed by atoms with Crippen molar-refractivity contribution in [3.05, 3.63) is 54.1 Å². The van der Waals surface area contributed by atoms with Gasteiger partial charge in [0.25, 0.3) is 0 Å². The van der Waals surface area contributed by atoms with Gasteiger partial charge in [-0.25, -0.2) is 8.42 Å². The molecule has 0 fully saturated rings. The molecule has 2 aromatic rings. The van der Waals surface area contributed by atoms with Gasteiger partial charge >= 0.3 is 0 Å². The highest BCUT2D eigenvalue weighted by Crippen LogP contribution is 2.17. The van der Waals surface area contributed by atoms with E-state index >= 15 is 0 Å². The minimum atomic E-state index is -3.52. The molecule has 2 aromatic carbocycles. The second-order valence-electron chi connectivity index (χ2n) is 5.97. The Balaban J connectivity index is 1.99. The molecule has 7 nitrogen and oxygen atoms in total. The number of carbonyl (C=O) groups is 1. The zero-order valence-electron chi connectivity index (χ0n) is 15.6. The lowest BCUT2D eigenvalue weighted by atomic mass is 10.1. The van der Waals surface area contributed by atoms with Crippen LogP contribution in [0.25, 0.3) is 0 Å². The quantitative estimate of drug-likeness (QED) is 0.707.